The number of rotatable bonds is 4. The Bertz CT molecular complexity index is 752. The van der Waals surface area contributed by atoms with Crippen LogP contribution in [0.5, 0.6) is 5.75 Å². The van der Waals surface area contributed by atoms with Gasteiger partial charge in [0.25, 0.3) is 5.91 Å². The van der Waals surface area contributed by atoms with Crippen molar-refractivity contribution in [3.05, 3.63) is 57.6 Å². The standard InChI is InChI=1S/C19H21Cl2NO2/c1-12-9-13(19(2,3)4)5-8-17(12)24-11-18(23)22-16-10-14(20)6-7-15(16)21/h5-10H,11H2,1-4H3,(H,22,23). The molecular formula is C19H21Cl2NO2. The first-order valence-corrected chi connectivity index (χ1v) is 8.41. The Morgan fingerprint density at radius 3 is 2.46 bits per heavy atom. The maximum Gasteiger partial charge on any atom is 0.262 e. The highest BCUT2D eigenvalue weighted by Crippen LogP contribution is 2.28. The van der Waals surface area contributed by atoms with Crippen LogP contribution in [-0.4, -0.2) is 12.5 Å². The van der Waals surface area contributed by atoms with Gasteiger partial charge in [-0.05, 0) is 47.7 Å². The molecule has 2 rings (SSSR count). The molecule has 0 aliphatic heterocycles. The van der Waals surface area contributed by atoms with Crippen molar-refractivity contribution in [1.82, 2.24) is 0 Å². The zero-order valence-corrected chi connectivity index (χ0v) is 15.8. The molecule has 0 aromatic heterocycles. The SMILES string of the molecule is Cc1cc(C(C)(C)C)ccc1OCC(=O)Nc1cc(Cl)ccc1Cl. The lowest BCUT2D eigenvalue weighted by Crippen LogP contribution is -2.20. The Morgan fingerprint density at radius 1 is 1.12 bits per heavy atom. The quantitative estimate of drug-likeness (QED) is 0.763. The average Bonchev–Trinajstić information content (AvgIpc) is 2.48. The molecular weight excluding hydrogens is 345 g/mol. The first kappa shape index (κ1) is 18.6. The molecule has 2 aromatic rings. The molecule has 0 atom stereocenters. The Hall–Kier alpha value is -1.71. The van der Waals surface area contributed by atoms with Crippen molar-refractivity contribution in [2.45, 2.75) is 33.1 Å². The highest BCUT2D eigenvalue weighted by Gasteiger charge is 2.15. The molecule has 0 radical (unpaired) electrons. The van der Waals surface area contributed by atoms with Crippen molar-refractivity contribution in [2.75, 3.05) is 11.9 Å². The molecule has 5 heteroatoms. The molecule has 1 amide bonds. The van der Waals surface area contributed by atoms with Gasteiger partial charge >= 0.3 is 0 Å². The number of hydrogen-bond donors (Lipinski definition) is 1. The van der Waals surface area contributed by atoms with E-state index in [1.165, 1.54) is 5.56 Å². The third kappa shape index (κ3) is 4.89. The largest absolute Gasteiger partial charge is 0.483 e. The van der Waals surface area contributed by atoms with E-state index in [0.29, 0.717) is 21.5 Å². The molecule has 0 heterocycles. The van der Waals surface area contributed by atoms with Gasteiger partial charge in [0, 0.05) is 5.02 Å². The number of benzene rings is 2. The van der Waals surface area contributed by atoms with Crippen LogP contribution in [0.3, 0.4) is 0 Å². The van der Waals surface area contributed by atoms with Gasteiger partial charge in [0.05, 0.1) is 10.7 Å². The number of ether oxygens (including phenoxy) is 1. The molecule has 0 aliphatic rings. The molecule has 128 valence electrons. The Labute approximate surface area is 152 Å². The van der Waals surface area contributed by atoms with Crippen LogP contribution >= 0.6 is 23.2 Å². The van der Waals surface area contributed by atoms with Gasteiger partial charge in [0.1, 0.15) is 5.75 Å². The molecule has 24 heavy (non-hydrogen) atoms. The number of nitrogens with one attached hydrogen (secondary N) is 1. The van der Waals surface area contributed by atoms with Crippen LogP contribution in [0.25, 0.3) is 0 Å². The predicted molar refractivity (Wildman–Crippen MR) is 100 cm³/mol. The van der Waals surface area contributed by atoms with Crippen LogP contribution in [0.15, 0.2) is 36.4 Å². The number of anilines is 1. The second kappa shape index (κ2) is 7.45. The number of carbonyl (C=O) groups is 1. The fourth-order valence-electron chi connectivity index (χ4n) is 2.20. The molecule has 0 saturated heterocycles. The molecule has 0 unspecified atom stereocenters. The third-order valence-electron chi connectivity index (χ3n) is 3.60. The lowest BCUT2D eigenvalue weighted by molar-refractivity contribution is -0.118. The van der Waals surface area contributed by atoms with Crippen LogP contribution in [0.2, 0.25) is 10.0 Å². The molecule has 0 spiro atoms. The summed E-state index contributed by atoms with van der Waals surface area (Å²) in [6.07, 6.45) is 0. The average molecular weight is 366 g/mol. The monoisotopic (exact) mass is 365 g/mol. The van der Waals surface area contributed by atoms with Crippen LogP contribution < -0.4 is 10.1 Å². The minimum Gasteiger partial charge on any atom is -0.483 e. The number of aryl methyl sites for hydroxylation is 1. The van der Waals surface area contributed by atoms with Gasteiger partial charge in [-0.1, -0.05) is 56.1 Å². The summed E-state index contributed by atoms with van der Waals surface area (Å²) in [6.45, 7) is 8.34. The fraction of sp³-hybridized carbons (Fsp3) is 0.316. The van der Waals surface area contributed by atoms with Crippen molar-refractivity contribution < 1.29 is 9.53 Å². The Kier molecular flexibility index (Phi) is 5.79. The maximum atomic E-state index is 12.0. The summed E-state index contributed by atoms with van der Waals surface area (Å²) in [5.41, 5.74) is 2.76. The first-order valence-electron chi connectivity index (χ1n) is 7.65. The highest BCUT2D eigenvalue weighted by molar-refractivity contribution is 6.35. The molecule has 0 saturated carbocycles. The molecule has 0 aliphatic carbocycles. The van der Waals surface area contributed by atoms with E-state index in [1.54, 1.807) is 18.2 Å². The number of halogens is 2. The predicted octanol–water partition coefficient (Wildman–Crippen LogP) is 5.62. The summed E-state index contributed by atoms with van der Waals surface area (Å²) in [4.78, 5) is 12.0. The van der Waals surface area contributed by atoms with E-state index in [9.17, 15) is 4.79 Å². The molecule has 3 nitrogen and oxygen atoms in total. The van der Waals surface area contributed by atoms with Gasteiger partial charge in [-0.15, -0.1) is 0 Å². The third-order valence-corrected chi connectivity index (χ3v) is 4.17. The van der Waals surface area contributed by atoms with Crippen molar-refractivity contribution in [3.8, 4) is 5.75 Å². The molecule has 0 fully saturated rings. The van der Waals surface area contributed by atoms with E-state index in [-0.39, 0.29) is 17.9 Å². The molecule has 1 N–H and O–H groups in total. The Morgan fingerprint density at radius 2 is 1.83 bits per heavy atom. The van der Waals surface area contributed by atoms with Gasteiger partial charge in [0.2, 0.25) is 0 Å². The Balaban J connectivity index is 2.00. The smallest absolute Gasteiger partial charge is 0.262 e. The van der Waals surface area contributed by atoms with Gasteiger partial charge < -0.3 is 10.1 Å². The zero-order valence-electron chi connectivity index (χ0n) is 14.2. The van der Waals surface area contributed by atoms with E-state index in [0.717, 1.165) is 5.56 Å². The summed E-state index contributed by atoms with van der Waals surface area (Å²) < 4.78 is 5.62. The summed E-state index contributed by atoms with van der Waals surface area (Å²) in [5.74, 6) is 0.397. The minimum atomic E-state index is -0.293. The van der Waals surface area contributed by atoms with Crippen molar-refractivity contribution >= 4 is 34.8 Å². The van der Waals surface area contributed by atoms with Gasteiger partial charge in [0.15, 0.2) is 6.61 Å². The summed E-state index contributed by atoms with van der Waals surface area (Å²) in [7, 11) is 0. The van der Waals surface area contributed by atoms with E-state index in [2.05, 4.69) is 32.2 Å². The summed E-state index contributed by atoms with van der Waals surface area (Å²) >= 11 is 11.9. The van der Waals surface area contributed by atoms with E-state index in [4.69, 9.17) is 27.9 Å². The van der Waals surface area contributed by atoms with Crippen molar-refractivity contribution in [3.63, 3.8) is 0 Å². The molecule has 2 aromatic carbocycles. The van der Waals surface area contributed by atoms with E-state index in [1.807, 2.05) is 19.1 Å². The minimum absolute atomic E-state index is 0.0734. The molecule has 0 bridgehead atoms. The lowest BCUT2D eigenvalue weighted by atomic mass is 9.86. The summed E-state index contributed by atoms with van der Waals surface area (Å²) in [6, 6.07) is 10.9. The number of carbonyl (C=O) groups excluding carboxylic acids is 1. The van der Waals surface area contributed by atoms with Crippen LogP contribution in [0.1, 0.15) is 31.9 Å². The van der Waals surface area contributed by atoms with Crippen LogP contribution in [0, 0.1) is 6.92 Å². The maximum absolute atomic E-state index is 12.0. The van der Waals surface area contributed by atoms with Crippen molar-refractivity contribution in [2.24, 2.45) is 0 Å². The normalized spacial score (nSPS) is 11.2. The van der Waals surface area contributed by atoms with Crippen molar-refractivity contribution in [1.29, 1.82) is 0 Å². The fourth-order valence-corrected chi connectivity index (χ4v) is 2.54. The van der Waals surface area contributed by atoms with Crippen LogP contribution in [0.4, 0.5) is 5.69 Å². The second-order valence-electron chi connectivity index (χ2n) is 6.69. The van der Waals surface area contributed by atoms with E-state index >= 15 is 0 Å². The van der Waals surface area contributed by atoms with Crippen LogP contribution in [-0.2, 0) is 10.2 Å². The number of amides is 1. The topological polar surface area (TPSA) is 38.3 Å². The second-order valence-corrected chi connectivity index (χ2v) is 7.53. The van der Waals surface area contributed by atoms with Gasteiger partial charge in [-0.2, -0.15) is 0 Å². The van der Waals surface area contributed by atoms with Gasteiger partial charge in [-0.3, -0.25) is 4.79 Å². The highest BCUT2D eigenvalue weighted by atomic mass is 35.5. The number of hydrogen-bond acceptors (Lipinski definition) is 2. The summed E-state index contributed by atoms with van der Waals surface area (Å²) in [5, 5.41) is 3.63. The van der Waals surface area contributed by atoms with Gasteiger partial charge in [-0.25, -0.2) is 0 Å². The zero-order chi connectivity index (χ0) is 17.9. The van der Waals surface area contributed by atoms with E-state index < -0.39 is 0 Å². The lowest BCUT2D eigenvalue weighted by Gasteiger charge is -2.20. The first-order chi connectivity index (χ1) is 11.2.